The highest BCUT2D eigenvalue weighted by Gasteiger charge is 2.17. The molecule has 0 saturated carbocycles. The second-order valence-corrected chi connectivity index (χ2v) is 5.96. The summed E-state index contributed by atoms with van der Waals surface area (Å²) in [5.41, 5.74) is 0. The number of hydrogen-bond acceptors (Lipinski definition) is 3. The molecule has 0 aliphatic carbocycles. The van der Waals surface area contributed by atoms with Gasteiger partial charge >= 0.3 is 0 Å². The van der Waals surface area contributed by atoms with Gasteiger partial charge in [-0.05, 0) is 46.7 Å². The van der Waals surface area contributed by atoms with Crippen LogP contribution >= 0.6 is 27.7 Å². The Hall–Kier alpha value is -0.780. The van der Waals surface area contributed by atoms with E-state index in [2.05, 4.69) is 28.2 Å². The zero-order valence-electron chi connectivity index (χ0n) is 10.5. The zero-order valence-corrected chi connectivity index (χ0v) is 12.9. The number of nitrogens with one attached hydrogen (secondary N) is 1. The minimum absolute atomic E-state index is 0.0997. The van der Waals surface area contributed by atoms with E-state index in [1.165, 1.54) is 6.07 Å². The molecule has 1 aromatic carbocycles. The lowest BCUT2D eigenvalue weighted by atomic mass is 10.2. The first kappa shape index (κ1) is 14.6. The van der Waals surface area contributed by atoms with E-state index in [0.29, 0.717) is 0 Å². The van der Waals surface area contributed by atoms with Crippen LogP contribution in [0.4, 0.5) is 4.39 Å². The van der Waals surface area contributed by atoms with Crippen molar-refractivity contribution in [1.82, 2.24) is 5.32 Å². The molecule has 2 rings (SSSR count). The Kier molecular flexibility index (Phi) is 5.48. The van der Waals surface area contributed by atoms with Crippen LogP contribution < -0.4 is 5.32 Å². The fourth-order valence-electron chi connectivity index (χ4n) is 1.76. The van der Waals surface area contributed by atoms with E-state index < -0.39 is 0 Å². The third-order valence-electron chi connectivity index (χ3n) is 2.62. The van der Waals surface area contributed by atoms with Crippen LogP contribution in [0.3, 0.4) is 0 Å². The number of hydrogen-bond donors (Lipinski definition) is 1. The Morgan fingerprint density at radius 1 is 1.42 bits per heavy atom. The maximum atomic E-state index is 13.1. The number of benzene rings is 1. The van der Waals surface area contributed by atoms with E-state index in [1.807, 2.05) is 12.1 Å². The molecule has 19 heavy (non-hydrogen) atoms. The van der Waals surface area contributed by atoms with Crippen LogP contribution in [0.15, 0.2) is 50.4 Å². The Morgan fingerprint density at radius 2 is 2.26 bits per heavy atom. The molecule has 2 nitrogen and oxygen atoms in total. The lowest BCUT2D eigenvalue weighted by molar-refractivity contribution is 0.438. The predicted molar refractivity (Wildman–Crippen MR) is 79.9 cm³/mol. The van der Waals surface area contributed by atoms with Crippen molar-refractivity contribution in [2.24, 2.45) is 0 Å². The minimum Gasteiger partial charge on any atom is -0.466 e. The first-order valence-electron chi connectivity index (χ1n) is 6.05. The van der Waals surface area contributed by atoms with Crippen LogP contribution in [0.1, 0.15) is 18.7 Å². The van der Waals surface area contributed by atoms with Crippen LogP contribution in [0.2, 0.25) is 0 Å². The van der Waals surface area contributed by atoms with Gasteiger partial charge in [-0.25, -0.2) is 4.39 Å². The second kappa shape index (κ2) is 7.12. The highest BCUT2D eigenvalue weighted by atomic mass is 79.9. The SMILES string of the molecule is CCNC(CSc1cccc(F)c1)c1occc1Br. The van der Waals surface area contributed by atoms with E-state index in [-0.39, 0.29) is 11.9 Å². The van der Waals surface area contributed by atoms with Crippen molar-refractivity contribution in [2.75, 3.05) is 12.3 Å². The van der Waals surface area contributed by atoms with Crippen LogP contribution in [0.25, 0.3) is 0 Å². The molecule has 1 atom stereocenters. The van der Waals surface area contributed by atoms with Gasteiger partial charge in [0.05, 0.1) is 16.8 Å². The summed E-state index contributed by atoms with van der Waals surface area (Å²) in [5, 5.41) is 3.37. The van der Waals surface area contributed by atoms with Crippen molar-refractivity contribution in [3.63, 3.8) is 0 Å². The highest BCUT2D eigenvalue weighted by Crippen LogP contribution is 2.30. The van der Waals surface area contributed by atoms with Gasteiger partial charge in [0.15, 0.2) is 0 Å². The summed E-state index contributed by atoms with van der Waals surface area (Å²) in [6.45, 7) is 2.90. The van der Waals surface area contributed by atoms with Gasteiger partial charge in [0.2, 0.25) is 0 Å². The molecule has 0 radical (unpaired) electrons. The normalized spacial score (nSPS) is 12.6. The first-order valence-corrected chi connectivity index (χ1v) is 7.83. The van der Waals surface area contributed by atoms with Gasteiger partial charge in [-0.15, -0.1) is 11.8 Å². The molecule has 0 amide bonds. The van der Waals surface area contributed by atoms with Crippen LogP contribution in [0.5, 0.6) is 0 Å². The summed E-state index contributed by atoms with van der Waals surface area (Å²) >= 11 is 5.08. The van der Waals surface area contributed by atoms with Gasteiger partial charge < -0.3 is 9.73 Å². The van der Waals surface area contributed by atoms with E-state index in [1.54, 1.807) is 30.2 Å². The second-order valence-electron chi connectivity index (χ2n) is 4.01. The summed E-state index contributed by atoms with van der Waals surface area (Å²) in [5.74, 6) is 1.46. The number of rotatable bonds is 6. The fraction of sp³-hybridized carbons (Fsp3) is 0.286. The lowest BCUT2D eigenvalue weighted by Crippen LogP contribution is -2.22. The molecule has 1 heterocycles. The van der Waals surface area contributed by atoms with Gasteiger partial charge in [0, 0.05) is 10.6 Å². The topological polar surface area (TPSA) is 25.2 Å². The molecular formula is C14H15BrFNOS. The van der Waals surface area contributed by atoms with Crippen molar-refractivity contribution >= 4 is 27.7 Å². The monoisotopic (exact) mass is 343 g/mol. The molecule has 0 fully saturated rings. The summed E-state index contributed by atoms with van der Waals surface area (Å²) in [6, 6.07) is 8.62. The number of thioether (sulfide) groups is 1. The smallest absolute Gasteiger partial charge is 0.135 e. The standard InChI is InChI=1S/C14H15BrFNOS/c1-2-17-13(14-12(15)6-7-18-14)9-19-11-5-3-4-10(16)8-11/h3-8,13,17H,2,9H2,1H3. The Labute approximate surface area is 124 Å². The zero-order chi connectivity index (χ0) is 13.7. The van der Waals surface area contributed by atoms with E-state index in [9.17, 15) is 4.39 Å². The largest absolute Gasteiger partial charge is 0.466 e. The molecule has 102 valence electrons. The molecule has 0 aliphatic heterocycles. The number of furan rings is 1. The third-order valence-corrected chi connectivity index (χ3v) is 4.37. The molecule has 0 spiro atoms. The molecule has 0 bridgehead atoms. The van der Waals surface area contributed by atoms with Crippen molar-refractivity contribution in [1.29, 1.82) is 0 Å². The molecule has 5 heteroatoms. The highest BCUT2D eigenvalue weighted by molar-refractivity contribution is 9.10. The van der Waals surface area contributed by atoms with E-state index >= 15 is 0 Å². The lowest BCUT2D eigenvalue weighted by Gasteiger charge is -2.15. The van der Waals surface area contributed by atoms with Crippen LogP contribution in [-0.4, -0.2) is 12.3 Å². The Morgan fingerprint density at radius 3 is 2.89 bits per heavy atom. The molecule has 0 saturated heterocycles. The molecule has 1 unspecified atom stereocenters. The minimum atomic E-state index is -0.204. The molecule has 0 aliphatic rings. The van der Waals surface area contributed by atoms with E-state index in [0.717, 1.165) is 27.4 Å². The first-order chi connectivity index (χ1) is 9.20. The van der Waals surface area contributed by atoms with Crippen molar-refractivity contribution in [3.05, 3.63) is 52.6 Å². The summed E-state index contributed by atoms with van der Waals surface area (Å²) in [6.07, 6.45) is 1.66. The number of halogens is 2. The summed E-state index contributed by atoms with van der Waals surface area (Å²) in [4.78, 5) is 0.922. The fourth-order valence-corrected chi connectivity index (χ4v) is 3.24. The van der Waals surface area contributed by atoms with Gasteiger partial charge in [-0.1, -0.05) is 13.0 Å². The summed E-state index contributed by atoms with van der Waals surface area (Å²) < 4.78 is 19.6. The average Bonchev–Trinajstić information content (AvgIpc) is 2.81. The van der Waals surface area contributed by atoms with Gasteiger partial charge in [-0.2, -0.15) is 0 Å². The maximum absolute atomic E-state index is 13.1. The van der Waals surface area contributed by atoms with E-state index in [4.69, 9.17) is 4.42 Å². The van der Waals surface area contributed by atoms with Crippen molar-refractivity contribution in [2.45, 2.75) is 17.9 Å². The molecule has 1 aromatic heterocycles. The Bertz CT molecular complexity index is 532. The van der Waals surface area contributed by atoms with Crippen molar-refractivity contribution < 1.29 is 8.81 Å². The van der Waals surface area contributed by atoms with Crippen molar-refractivity contribution in [3.8, 4) is 0 Å². The predicted octanol–water partition coefficient (Wildman–Crippen LogP) is 4.62. The quantitative estimate of drug-likeness (QED) is 0.774. The van der Waals surface area contributed by atoms with Crippen LogP contribution in [0, 0.1) is 5.82 Å². The third kappa shape index (κ3) is 4.09. The maximum Gasteiger partial charge on any atom is 0.135 e. The van der Waals surface area contributed by atoms with Gasteiger partial charge in [0.25, 0.3) is 0 Å². The molecular weight excluding hydrogens is 329 g/mol. The van der Waals surface area contributed by atoms with Gasteiger partial charge in [0.1, 0.15) is 11.6 Å². The van der Waals surface area contributed by atoms with Crippen LogP contribution in [-0.2, 0) is 0 Å². The summed E-state index contributed by atoms with van der Waals surface area (Å²) in [7, 11) is 0. The molecule has 2 aromatic rings. The average molecular weight is 344 g/mol. The molecule has 1 N–H and O–H groups in total. The Balaban J connectivity index is 2.04. The van der Waals surface area contributed by atoms with Gasteiger partial charge in [-0.3, -0.25) is 0 Å².